The van der Waals surface area contributed by atoms with E-state index in [1.807, 2.05) is 18.7 Å². The molecule has 2 aromatic rings. The van der Waals surface area contributed by atoms with Crippen molar-refractivity contribution >= 4 is 11.4 Å². The quantitative estimate of drug-likeness (QED) is 0.935. The summed E-state index contributed by atoms with van der Waals surface area (Å²) in [5, 5.41) is 7.93. The van der Waals surface area contributed by atoms with E-state index in [0.717, 1.165) is 38.5 Å². The van der Waals surface area contributed by atoms with E-state index >= 15 is 0 Å². The van der Waals surface area contributed by atoms with Crippen LogP contribution in [0.5, 0.6) is 0 Å². The second kappa shape index (κ2) is 6.18. The Hall–Kier alpha value is -2.01. The average molecular weight is 286 g/mol. The highest BCUT2D eigenvalue weighted by atomic mass is 16.5. The number of anilines is 2. The summed E-state index contributed by atoms with van der Waals surface area (Å²) in [7, 11) is 1.96. The highest BCUT2D eigenvalue weighted by Gasteiger charge is 2.14. The van der Waals surface area contributed by atoms with Crippen molar-refractivity contribution in [2.24, 2.45) is 7.05 Å². The zero-order valence-electron chi connectivity index (χ0n) is 12.7. The molecule has 1 N–H and O–H groups in total. The van der Waals surface area contributed by atoms with E-state index in [-0.39, 0.29) is 0 Å². The van der Waals surface area contributed by atoms with Crippen LogP contribution in [0.4, 0.5) is 11.4 Å². The number of nitrogens with one attached hydrogen (secondary N) is 1. The maximum atomic E-state index is 5.44. The number of aromatic nitrogens is 2. The van der Waals surface area contributed by atoms with E-state index in [2.05, 4.69) is 45.8 Å². The van der Waals surface area contributed by atoms with E-state index in [1.165, 1.54) is 16.9 Å². The Morgan fingerprint density at radius 1 is 1.24 bits per heavy atom. The van der Waals surface area contributed by atoms with Crippen molar-refractivity contribution in [2.75, 3.05) is 36.5 Å². The minimum absolute atomic E-state index is 0.793. The molecule has 0 amide bonds. The van der Waals surface area contributed by atoms with Crippen molar-refractivity contribution in [3.63, 3.8) is 0 Å². The molecule has 1 aliphatic heterocycles. The first-order valence-corrected chi connectivity index (χ1v) is 7.39. The summed E-state index contributed by atoms with van der Waals surface area (Å²) in [6.07, 6.45) is 2.07. The zero-order valence-corrected chi connectivity index (χ0v) is 12.7. The van der Waals surface area contributed by atoms with Gasteiger partial charge in [0.2, 0.25) is 0 Å². The first kappa shape index (κ1) is 13.9. The summed E-state index contributed by atoms with van der Waals surface area (Å²) in [5.74, 6) is 0. The third-order valence-corrected chi connectivity index (χ3v) is 3.84. The van der Waals surface area contributed by atoms with Gasteiger partial charge < -0.3 is 15.0 Å². The molecule has 0 atom stereocenters. The second-order valence-corrected chi connectivity index (χ2v) is 5.38. The van der Waals surface area contributed by atoms with Crippen molar-refractivity contribution in [3.8, 4) is 0 Å². The van der Waals surface area contributed by atoms with Gasteiger partial charge in [-0.1, -0.05) is 12.1 Å². The van der Waals surface area contributed by atoms with Crippen LogP contribution in [0, 0.1) is 6.92 Å². The molecule has 0 radical (unpaired) electrons. The summed E-state index contributed by atoms with van der Waals surface area (Å²) in [6.45, 7) is 6.34. The van der Waals surface area contributed by atoms with Gasteiger partial charge in [0.15, 0.2) is 0 Å². The van der Waals surface area contributed by atoms with Gasteiger partial charge in [-0.05, 0) is 19.1 Å². The Morgan fingerprint density at radius 2 is 2.00 bits per heavy atom. The smallest absolute Gasteiger partial charge is 0.0643 e. The summed E-state index contributed by atoms with van der Waals surface area (Å²) >= 11 is 0. The van der Waals surface area contributed by atoms with Crippen LogP contribution in [-0.2, 0) is 18.3 Å². The average Bonchev–Trinajstić information content (AvgIpc) is 2.84. The molecule has 1 aromatic heterocycles. The van der Waals surface area contributed by atoms with Gasteiger partial charge in [0.25, 0.3) is 0 Å². The maximum Gasteiger partial charge on any atom is 0.0643 e. The molecule has 21 heavy (non-hydrogen) atoms. The highest BCUT2D eigenvalue weighted by molar-refractivity contribution is 5.70. The van der Waals surface area contributed by atoms with Crippen LogP contribution >= 0.6 is 0 Å². The van der Waals surface area contributed by atoms with Gasteiger partial charge >= 0.3 is 0 Å². The summed E-state index contributed by atoms with van der Waals surface area (Å²) in [5.41, 5.74) is 4.73. The van der Waals surface area contributed by atoms with E-state index in [4.69, 9.17) is 4.74 Å². The molecule has 112 valence electrons. The number of benzene rings is 1. The number of hydrogen-bond donors (Lipinski definition) is 1. The molecule has 0 aliphatic carbocycles. The predicted octanol–water partition coefficient (Wildman–Crippen LogP) is 2.18. The van der Waals surface area contributed by atoms with Gasteiger partial charge in [-0.2, -0.15) is 5.10 Å². The molecule has 0 saturated carbocycles. The molecule has 5 heteroatoms. The van der Waals surface area contributed by atoms with Crippen LogP contribution in [0.15, 0.2) is 30.5 Å². The minimum Gasteiger partial charge on any atom is -0.379 e. The van der Waals surface area contributed by atoms with Gasteiger partial charge in [0, 0.05) is 38.4 Å². The minimum atomic E-state index is 0.793. The fraction of sp³-hybridized carbons (Fsp3) is 0.438. The first-order valence-electron chi connectivity index (χ1n) is 7.39. The van der Waals surface area contributed by atoms with E-state index < -0.39 is 0 Å². The summed E-state index contributed by atoms with van der Waals surface area (Å²) in [6, 6.07) is 8.47. The van der Waals surface area contributed by atoms with Gasteiger partial charge in [-0.25, -0.2) is 0 Å². The Morgan fingerprint density at radius 3 is 2.71 bits per heavy atom. The standard InChI is InChI=1S/C16H22N4O/c1-13-14(12-19(2)18-13)11-17-15-5-3-4-6-16(15)20-7-9-21-10-8-20/h3-6,12,17H,7-11H2,1-2H3. The molecule has 1 saturated heterocycles. The summed E-state index contributed by atoms with van der Waals surface area (Å²) < 4.78 is 7.30. The van der Waals surface area contributed by atoms with Gasteiger partial charge in [-0.3, -0.25) is 4.68 Å². The molecule has 0 bridgehead atoms. The third-order valence-electron chi connectivity index (χ3n) is 3.84. The third kappa shape index (κ3) is 3.19. The van der Waals surface area contributed by atoms with Crippen molar-refractivity contribution in [1.29, 1.82) is 0 Å². The monoisotopic (exact) mass is 286 g/mol. The Bertz CT molecular complexity index is 602. The van der Waals surface area contributed by atoms with Crippen molar-refractivity contribution in [1.82, 2.24) is 9.78 Å². The second-order valence-electron chi connectivity index (χ2n) is 5.38. The molecule has 1 fully saturated rings. The molecule has 0 unspecified atom stereocenters. The van der Waals surface area contributed by atoms with Crippen molar-refractivity contribution < 1.29 is 4.74 Å². The molecule has 0 spiro atoms. The van der Waals surface area contributed by atoms with E-state index in [9.17, 15) is 0 Å². The normalized spacial score (nSPS) is 15.2. The molecule has 1 aromatic carbocycles. The van der Waals surface area contributed by atoms with Crippen LogP contribution in [0.25, 0.3) is 0 Å². The molecule has 5 nitrogen and oxygen atoms in total. The lowest BCUT2D eigenvalue weighted by Crippen LogP contribution is -2.36. The lowest BCUT2D eigenvalue weighted by Gasteiger charge is -2.30. The number of nitrogens with zero attached hydrogens (tertiary/aromatic N) is 3. The van der Waals surface area contributed by atoms with Gasteiger partial charge in [-0.15, -0.1) is 0 Å². The van der Waals surface area contributed by atoms with Gasteiger partial charge in [0.1, 0.15) is 0 Å². The highest BCUT2D eigenvalue weighted by Crippen LogP contribution is 2.26. The maximum absolute atomic E-state index is 5.44. The molecular formula is C16H22N4O. The van der Waals surface area contributed by atoms with Crippen LogP contribution in [-0.4, -0.2) is 36.1 Å². The number of aryl methyl sites for hydroxylation is 2. The number of ether oxygens (including phenoxy) is 1. The Balaban J connectivity index is 1.74. The van der Waals surface area contributed by atoms with Crippen molar-refractivity contribution in [2.45, 2.75) is 13.5 Å². The summed E-state index contributed by atoms with van der Waals surface area (Å²) in [4.78, 5) is 2.38. The van der Waals surface area contributed by atoms with Crippen molar-refractivity contribution in [3.05, 3.63) is 41.7 Å². The van der Waals surface area contributed by atoms with E-state index in [0.29, 0.717) is 0 Å². The molecule has 1 aliphatic rings. The SMILES string of the molecule is Cc1nn(C)cc1CNc1ccccc1N1CCOCC1. The molecular weight excluding hydrogens is 264 g/mol. The van der Waals surface area contributed by atoms with E-state index in [1.54, 1.807) is 0 Å². The number of hydrogen-bond acceptors (Lipinski definition) is 4. The van der Waals surface area contributed by atoms with Crippen LogP contribution < -0.4 is 10.2 Å². The van der Waals surface area contributed by atoms with Crippen LogP contribution in [0.3, 0.4) is 0 Å². The van der Waals surface area contributed by atoms with Crippen LogP contribution in [0.2, 0.25) is 0 Å². The Labute approximate surface area is 125 Å². The molecule has 3 rings (SSSR count). The molecule has 2 heterocycles. The fourth-order valence-corrected chi connectivity index (χ4v) is 2.72. The fourth-order valence-electron chi connectivity index (χ4n) is 2.72. The van der Waals surface area contributed by atoms with Crippen LogP contribution in [0.1, 0.15) is 11.3 Å². The first-order chi connectivity index (χ1) is 10.2. The number of morpholine rings is 1. The number of para-hydroxylation sites is 2. The predicted molar refractivity (Wildman–Crippen MR) is 84.7 cm³/mol. The topological polar surface area (TPSA) is 42.3 Å². The van der Waals surface area contributed by atoms with Gasteiger partial charge in [0.05, 0.1) is 30.3 Å². The largest absolute Gasteiger partial charge is 0.379 e. The number of rotatable bonds is 4. The lowest BCUT2D eigenvalue weighted by molar-refractivity contribution is 0.123. The lowest BCUT2D eigenvalue weighted by atomic mass is 10.2. The Kier molecular flexibility index (Phi) is 4.10. The zero-order chi connectivity index (χ0) is 14.7.